The molecule has 0 fully saturated rings. The fourth-order valence-electron chi connectivity index (χ4n) is 3.65. The van der Waals surface area contributed by atoms with Crippen molar-refractivity contribution >= 4 is 47.2 Å². The second kappa shape index (κ2) is 12.9. The first-order chi connectivity index (χ1) is 17.7. The average Bonchev–Trinajstić information content (AvgIpc) is 3.55. The van der Waals surface area contributed by atoms with Crippen LogP contribution >= 0.6 is 12.6 Å². The number of hydrogen-bond acceptors (Lipinski definition) is 8. The third kappa shape index (κ3) is 7.31. The number of thiol groups is 1. The van der Waals surface area contributed by atoms with Crippen LogP contribution in [0.1, 0.15) is 11.3 Å². The molecule has 0 saturated heterocycles. The van der Waals surface area contributed by atoms with Crippen molar-refractivity contribution in [2.75, 3.05) is 12.4 Å². The molecule has 0 bridgehead atoms. The van der Waals surface area contributed by atoms with Gasteiger partial charge in [-0.2, -0.15) is 12.6 Å². The van der Waals surface area contributed by atoms with Crippen LogP contribution in [0.4, 0.5) is 0 Å². The van der Waals surface area contributed by atoms with E-state index in [0.29, 0.717) is 11.3 Å². The van der Waals surface area contributed by atoms with Crippen molar-refractivity contribution in [3.05, 3.63) is 54.2 Å². The molecule has 4 unspecified atom stereocenters. The van der Waals surface area contributed by atoms with Crippen molar-refractivity contribution in [2.24, 2.45) is 5.73 Å². The van der Waals surface area contributed by atoms with Crippen molar-refractivity contribution < 1.29 is 29.4 Å². The van der Waals surface area contributed by atoms with Gasteiger partial charge in [0.1, 0.15) is 24.2 Å². The molecule has 37 heavy (non-hydrogen) atoms. The summed E-state index contributed by atoms with van der Waals surface area (Å²) < 4.78 is 0. The standard InChI is InChI=1S/C23H29N7O6S/c24-15(9-31)20(32)30-19(10-37)22(34)28-17(5-12-7-26-16-4-2-1-3-14(12)16)21(33)29-18(23(35)36)6-13-8-25-11-27-13/h1-4,7-8,11,15,17-19,26,31,37H,5-6,9-10,24H2,(H,25,27)(H,28,34)(H,29,33)(H,30,32)(H,35,36). The summed E-state index contributed by atoms with van der Waals surface area (Å²) in [4.78, 5) is 59.9. The number of carbonyl (C=O) groups excluding carboxylic acids is 3. The molecule has 3 amide bonds. The maximum absolute atomic E-state index is 13.3. The molecular weight excluding hydrogens is 502 g/mol. The Labute approximate surface area is 217 Å². The summed E-state index contributed by atoms with van der Waals surface area (Å²) in [7, 11) is 0. The number of nitrogens with two attached hydrogens (primary N) is 1. The lowest BCUT2D eigenvalue weighted by Crippen LogP contribution is -2.58. The van der Waals surface area contributed by atoms with Gasteiger partial charge in [-0.1, -0.05) is 18.2 Å². The van der Waals surface area contributed by atoms with E-state index in [9.17, 15) is 24.3 Å². The zero-order valence-corrected chi connectivity index (χ0v) is 20.6. The van der Waals surface area contributed by atoms with E-state index in [1.807, 2.05) is 24.3 Å². The molecule has 0 aliphatic carbocycles. The third-order valence-electron chi connectivity index (χ3n) is 5.67. The molecule has 0 spiro atoms. The van der Waals surface area contributed by atoms with Crippen molar-refractivity contribution in [3.63, 3.8) is 0 Å². The maximum atomic E-state index is 13.3. The van der Waals surface area contributed by atoms with Gasteiger partial charge in [0.15, 0.2) is 0 Å². The van der Waals surface area contributed by atoms with Crippen molar-refractivity contribution in [1.82, 2.24) is 30.9 Å². The molecule has 14 heteroatoms. The summed E-state index contributed by atoms with van der Waals surface area (Å²) in [6, 6.07) is 2.50. The van der Waals surface area contributed by atoms with Crippen LogP contribution in [0.3, 0.4) is 0 Å². The molecule has 0 aliphatic heterocycles. The number of aliphatic hydroxyl groups is 1. The topological polar surface area (TPSA) is 215 Å². The van der Waals surface area contributed by atoms with Crippen LogP contribution < -0.4 is 21.7 Å². The van der Waals surface area contributed by atoms with Crippen LogP contribution in [-0.2, 0) is 32.0 Å². The number of aromatic nitrogens is 3. The van der Waals surface area contributed by atoms with E-state index in [1.165, 1.54) is 12.5 Å². The van der Waals surface area contributed by atoms with Gasteiger partial charge in [-0.3, -0.25) is 14.4 Å². The minimum absolute atomic E-state index is 0.0291. The van der Waals surface area contributed by atoms with Crippen LogP contribution in [-0.4, -0.2) is 85.4 Å². The van der Waals surface area contributed by atoms with E-state index in [1.54, 1.807) is 6.20 Å². The number of rotatable bonds is 13. The number of aliphatic carboxylic acids is 1. The highest BCUT2D eigenvalue weighted by Gasteiger charge is 2.30. The number of carbonyl (C=O) groups is 4. The highest BCUT2D eigenvalue weighted by Crippen LogP contribution is 2.19. The van der Waals surface area contributed by atoms with E-state index in [4.69, 9.17) is 10.8 Å². The molecular formula is C23H29N7O6S. The Morgan fingerprint density at radius 3 is 2.30 bits per heavy atom. The van der Waals surface area contributed by atoms with Crippen LogP contribution in [0.5, 0.6) is 0 Å². The van der Waals surface area contributed by atoms with Gasteiger partial charge in [0.2, 0.25) is 17.7 Å². The van der Waals surface area contributed by atoms with Gasteiger partial charge in [0.25, 0.3) is 0 Å². The number of aliphatic hydroxyl groups excluding tert-OH is 1. The number of para-hydroxylation sites is 1. The number of H-pyrrole nitrogens is 2. The summed E-state index contributed by atoms with van der Waals surface area (Å²) in [5, 5.41) is 27.0. The molecule has 13 nitrogen and oxygen atoms in total. The molecule has 0 radical (unpaired) electrons. The van der Waals surface area contributed by atoms with Crippen LogP contribution in [0, 0.1) is 0 Å². The van der Waals surface area contributed by atoms with E-state index >= 15 is 0 Å². The lowest BCUT2D eigenvalue weighted by atomic mass is 10.0. The number of fused-ring (bicyclic) bond motifs is 1. The van der Waals surface area contributed by atoms with Gasteiger partial charge < -0.3 is 41.9 Å². The Hall–Kier alpha value is -3.88. The zero-order chi connectivity index (χ0) is 26.9. The van der Waals surface area contributed by atoms with Crippen molar-refractivity contribution in [2.45, 2.75) is 37.0 Å². The fraction of sp³-hybridized carbons (Fsp3) is 0.348. The second-order valence-corrected chi connectivity index (χ2v) is 8.70. The first-order valence-electron chi connectivity index (χ1n) is 11.4. The van der Waals surface area contributed by atoms with Gasteiger partial charge >= 0.3 is 5.97 Å². The first kappa shape index (κ1) is 27.7. The Balaban J connectivity index is 1.82. The van der Waals surface area contributed by atoms with Gasteiger partial charge in [0, 0.05) is 47.6 Å². The molecule has 0 saturated carbocycles. The largest absolute Gasteiger partial charge is 0.480 e. The second-order valence-electron chi connectivity index (χ2n) is 8.34. The number of nitrogens with one attached hydrogen (secondary N) is 5. The van der Waals surface area contributed by atoms with E-state index < -0.39 is 54.5 Å². The van der Waals surface area contributed by atoms with Crippen LogP contribution in [0.25, 0.3) is 10.9 Å². The van der Waals surface area contributed by atoms with E-state index in [0.717, 1.165) is 10.9 Å². The Kier molecular flexibility index (Phi) is 9.65. The maximum Gasteiger partial charge on any atom is 0.326 e. The average molecular weight is 532 g/mol. The summed E-state index contributed by atoms with van der Waals surface area (Å²) in [6.45, 7) is -0.620. The smallest absolute Gasteiger partial charge is 0.326 e. The number of carboxylic acids is 1. The molecule has 1 aromatic carbocycles. The first-order valence-corrected chi connectivity index (χ1v) is 12.0. The van der Waals surface area contributed by atoms with Gasteiger partial charge in [-0.05, 0) is 11.6 Å². The number of hydrogen-bond donors (Lipinski definition) is 9. The minimum atomic E-state index is -1.29. The molecule has 4 atom stereocenters. The predicted molar refractivity (Wildman–Crippen MR) is 137 cm³/mol. The van der Waals surface area contributed by atoms with Gasteiger partial charge in [-0.15, -0.1) is 0 Å². The number of nitrogens with zero attached hydrogens (tertiary/aromatic N) is 1. The van der Waals surface area contributed by atoms with Gasteiger partial charge in [-0.25, -0.2) is 9.78 Å². The number of aromatic amines is 2. The minimum Gasteiger partial charge on any atom is -0.480 e. The molecule has 2 aromatic heterocycles. The summed E-state index contributed by atoms with van der Waals surface area (Å²) in [5.74, 6) is -3.61. The molecule has 3 rings (SSSR count). The normalized spacial score (nSPS) is 14.4. The van der Waals surface area contributed by atoms with Crippen molar-refractivity contribution in [3.8, 4) is 0 Å². The van der Waals surface area contributed by atoms with Crippen molar-refractivity contribution in [1.29, 1.82) is 0 Å². The monoisotopic (exact) mass is 531 g/mol. The predicted octanol–water partition coefficient (Wildman–Crippen LogP) is -1.54. The van der Waals surface area contributed by atoms with E-state index in [2.05, 4.69) is 43.5 Å². The molecule has 0 aliphatic rings. The molecule has 9 N–H and O–H groups in total. The lowest BCUT2D eigenvalue weighted by molar-refractivity contribution is -0.142. The lowest BCUT2D eigenvalue weighted by Gasteiger charge is -2.24. The molecule has 3 aromatic rings. The Morgan fingerprint density at radius 1 is 0.973 bits per heavy atom. The molecule has 2 heterocycles. The SMILES string of the molecule is NC(CO)C(=O)NC(CS)C(=O)NC(Cc1c[nH]c2ccccc12)C(=O)NC(Cc1cnc[nH]1)C(=O)O. The van der Waals surface area contributed by atoms with E-state index in [-0.39, 0.29) is 18.6 Å². The van der Waals surface area contributed by atoms with Gasteiger partial charge in [0.05, 0.1) is 12.9 Å². The van der Waals surface area contributed by atoms with Crippen LogP contribution in [0.15, 0.2) is 43.0 Å². The van der Waals surface area contributed by atoms with Crippen LogP contribution in [0.2, 0.25) is 0 Å². The Morgan fingerprint density at radius 2 is 1.65 bits per heavy atom. The number of imidazole rings is 1. The number of amides is 3. The highest BCUT2D eigenvalue weighted by molar-refractivity contribution is 7.80. The Bertz CT molecular complexity index is 1230. The zero-order valence-electron chi connectivity index (χ0n) is 19.7. The summed E-state index contributed by atoms with van der Waals surface area (Å²) in [6.07, 6.45) is 4.52. The molecule has 198 valence electrons. The summed E-state index contributed by atoms with van der Waals surface area (Å²) >= 11 is 4.10. The summed E-state index contributed by atoms with van der Waals surface area (Å²) in [5.41, 5.74) is 7.54. The number of benzene rings is 1. The quantitative estimate of drug-likeness (QED) is 0.118. The number of carboxylic acid groups (broad SMARTS) is 1. The highest BCUT2D eigenvalue weighted by atomic mass is 32.1. The fourth-order valence-corrected chi connectivity index (χ4v) is 3.90. The third-order valence-corrected chi connectivity index (χ3v) is 6.04.